The minimum Gasteiger partial charge on any atom is -0.332 e. The molecule has 5 rings (SSSR count). The molecule has 0 saturated carbocycles. The van der Waals surface area contributed by atoms with Gasteiger partial charge < -0.3 is 10.3 Å². The van der Waals surface area contributed by atoms with Crippen LogP contribution in [0.5, 0.6) is 0 Å². The number of halogens is 1. The molecule has 3 aromatic carbocycles. The number of benzene rings is 3. The Bertz CT molecular complexity index is 1380. The van der Waals surface area contributed by atoms with E-state index in [2.05, 4.69) is 43.3 Å². The van der Waals surface area contributed by atoms with Gasteiger partial charge in [0.05, 0.1) is 22.3 Å². The number of thioether (sulfide) groups is 1. The molecule has 0 radical (unpaired) electrons. The van der Waals surface area contributed by atoms with Crippen LogP contribution >= 0.6 is 39.0 Å². The average molecular weight is 562 g/mol. The highest BCUT2D eigenvalue weighted by molar-refractivity contribution is 9.10. The lowest BCUT2D eigenvalue weighted by atomic mass is 10.1. The van der Waals surface area contributed by atoms with Gasteiger partial charge in [-0.1, -0.05) is 100 Å². The summed E-state index contributed by atoms with van der Waals surface area (Å²) in [6.07, 6.45) is 0. The second-order valence-corrected chi connectivity index (χ2v) is 10.9. The van der Waals surface area contributed by atoms with Crippen LogP contribution in [0.15, 0.2) is 99.9 Å². The third-order valence-corrected chi connectivity index (χ3v) is 7.59. The van der Waals surface area contributed by atoms with E-state index >= 15 is 0 Å². The van der Waals surface area contributed by atoms with Crippen molar-refractivity contribution in [1.29, 1.82) is 0 Å². The number of hydrogen-bond donors (Lipinski definition) is 2. The van der Waals surface area contributed by atoms with Gasteiger partial charge in [-0.05, 0) is 19.1 Å². The Kier molecular flexibility index (Phi) is 7.13. The van der Waals surface area contributed by atoms with E-state index in [1.807, 2.05) is 85.1 Å². The summed E-state index contributed by atoms with van der Waals surface area (Å²) in [6.45, 7) is 1.87. The van der Waals surface area contributed by atoms with Gasteiger partial charge in [0.15, 0.2) is 10.3 Å². The molecule has 8 heteroatoms. The third kappa shape index (κ3) is 5.56. The molecule has 1 atom stereocenters. The summed E-state index contributed by atoms with van der Waals surface area (Å²) in [6, 6.07) is 28.1. The maximum absolute atomic E-state index is 12.9. The molecule has 0 aliphatic rings. The first-order chi connectivity index (χ1) is 17.1. The summed E-state index contributed by atoms with van der Waals surface area (Å²) in [5, 5.41) is 5.80. The van der Waals surface area contributed by atoms with Crippen molar-refractivity contribution in [1.82, 2.24) is 15.0 Å². The van der Waals surface area contributed by atoms with Crippen molar-refractivity contribution in [3.05, 3.63) is 94.8 Å². The van der Waals surface area contributed by atoms with E-state index in [0.717, 1.165) is 38.2 Å². The van der Waals surface area contributed by atoms with Crippen LogP contribution < -0.4 is 5.32 Å². The van der Waals surface area contributed by atoms with Gasteiger partial charge in [0.2, 0.25) is 5.91 Å². The Morgan fingerprint density at radius 3 is 2.26 bits per heavy atom. The fourth-order valence-corrected chi connectivity index (χ4v) is 5.33. The number of H-pyrrole nitrogens is 1. The highest BCUT2D eigenvalue weighted by Crippen LogP contribution is 2.34. The quantitative estimate of drug-likeness (QED) is 0.199. The number of hydrogen-bond acceptors (Lipinski definition) is 5. The summed E-state index contributed by atoms with van der Waals surface area (Å²) in [5.74, 6) is -0.120. The summed E-state index contributed by atoms with van der Waals surface area (Å²) in [7, 11) is 0. The number of nitrogens with zero attached hydrogens (tertiary/aromatic N) is 2. The SMILES string of the molecule is CC(Sc1nc(-c2ccccc2)c(-c2ccccc2)[nH]1)C(=O)Nc1nc(-c2ccc(Br)cc2)cs1. The summed E-state index contributed by atoms with van der Waals surface area (Å²) < 4.78 is 1.01. The first-order valence-corrected chi connectivity index (χ1v) is 13.5. The van der Waals surface area contributed by atoms with E-state index in [0.29, 0.717) is 10.3 Å². The van der Waals surface area contributed by atoms with Gasteiger partial charge in [-0.25, -0.2) is 9.97 Å². The molecule has 0 spiro atoms. The van der Waals surface area contributed by atoms with Crippen molar-refractivity contribution in [3.63, 3.8) is 0 Å². The number of amides is 1. The summed E-state index contributed by atoms with van der Waals surface area (Å²) in [5.41, 5.74) is 5.71. The second kappa shape index (κ2) is 10.6. The number of anilines is 1. The van der Waals surface area contributed by atoms with Crippen LogP contribution in [0, 0.1) is 0 Å². The van der Waals surface area contributed by atoms with Gasteiger partial charge in [-0.15, -0.1) is 11.3 Å². The maximum atomic E-state index is 12.9. The lowest BCUT2D eigenvalue weighted by Gasteiger charge is -2.08. The molecular weight excluding hydrogens is 540 g/mol. The average Bonchev–Trinajstić information content (AvgIpc) is 3.53. The number of imidazole rings is 1. The molecule has 5 nitrogen and oxygen atoms in total. The highest BCUT2D eigenvalue weighted by atomic mass is 79.9. The van der Waals surface area contributed by atoms with Crippen LogP contribution in [0.25, 0.3) is 33.8 Å². The number of aromatic nitrogens is 3. The number of aromatic amines is 1. The highest BCUT2D eigenvalue weighted by Gasteiger charge is 2.21. The smallest absolute Gasteiger partial charge is 0.239 e. The van der Waals surface area contributed by atoms with E-state index in [-0.39, 0.29) is 11.2 Å². The fraction of sp³-hybridized carbons (Fsp3) is 0.0741. The maximum Gasteiger partial charge on any atom is 0.239 e. The number of carbonyl (C=O) groups excluding carboxylic acids is 1. The standard InChI is InChI=1S/C27H21BrN4OS2/c1-17(25(33)32-26-29-22(16-34-26)18-12-14-21(28)15-13-18)35-27-30-23(19-8-4-2-5-9-19)24(31-27)20-10-6-3-7-11-20/h2-17H,1H3,(H,30,31)(H,29,32,33). The van der Waals surface area contributed by atoms with Crippen molar-refractivity contribution in [2.24, 2.45) is 0 Å². The Hall–Kier alpha value is -3.20. The lowest BCUT2D eigenvalue weighted by molar-refractivity contribution is -0.115. The zero-order valence-corrected chi connectivity index (χ0v) is 22.0. The van der Waals surface area contributed by atoms with E-state index in [4.69, 9.17) is 4.98 Å². The van der Waals surface area contributed by atoms with Crippen LogP contribution in [0.1, 0.15) is 6.92 Å². The normalized spacial score (nSPS) is 11.8. The van der Waals surface area contributed by atoms with E-state index in [9.17, 15) is 4.79 Å². The Morgan fingerprint density at radius 1 is 0.914 bits per heavy atom. The monoisotopic (exact) mass is 560 g/mol. The van der Waals surface area contributed by atoms with Crippen molar-refractivity contribution in [3.8, 4) is 33.8 Å². The number of rotatable bonds is 7. The zero-order chi connectivity index (χ0) is 24.2. The molecular formula is C27H21BrN4OS2. The van der Waals surface area contributed by atoms with Crippen molar-refractivity contribution >= 4 is 50.1 Å². The molecule has 0 aliphatic carbocycles. The molecule has 1 unspecified atom stereocenters. The van der Waals surface area contributed by atoms with Gasteiger partial charge in [-0.2, -0.15) is 0 Å². The molecule has 1 amide bonds. The molecule has 2 N–H and O–H groups in total. The minimum atomic E-state index is -0.367. The molecule has 0 aliphatic heterocycles. The summed E-state index contributed by atoms with van der Waals surface area (Å²) >= 11 is 6.25. The minimum absolute atomic E-state index is 0.120. The van der Waals surface area contributed by atoms with E-state index in [1.165, 1.54) is 23.1 Å². The predicted molar refractivity (Wildman–Crippen MR) is 149 cm³/mol. The van der Waals surface area contributed by atoms with Gasteiger partial charge >= 0.3 is 0 Å². The van der Waals surface area contributed by atoms with E-state index < -0.39 is 0 Å². The van der Waals surface area contributed by atoms with Gasteiger partial charge in [0, 0.05) is 26.5 Å². The van der Waals surface area contributed by atoms with Crippen molar-refractivity contribution in [2.75, 3.05) is 5.32 Å². The van der Waals surface area contributed by atoms with Gasteiger partial charge in [0.25, 0.3) is 0 Å². The third-order valence-electron chi connectivity index (χ3n) is 5.32. The summed E-state index contributed by atoms with van der Waals surface area (Å²) in [4.78, 5) is 25.8. The van der Waals surface area contributed by atoms with Crippen molar-refractivity contribution < 1.29 is 4.79 Å². The molecule has 0 saturated heterocycles. The van der Waals surface area contributed by atoms with Gasteiger partial charge in [-0.3, -0.25) is 4.79 Å². The first-order valence-electron chi connectivity index (χ1n) is 11.0. The molecule has 35 heavy (non-hydrogen) atoms. The largest absolute Gasteiger partial charge is 0.332 e. The van der Waals surface area contributed by atoms with Crippen molar-refractivity contribution in [2.45, 2.75) is 17.3 Å². The Morgan fingerprint density at radius 2 is 1.57 bits per heavy atom. The van der Waals surface area contributed by atoms with Crippen LogP contribution in [0.2, 0.25) is 0 Å². The number of thiazole rings is 1. The van der Waals surface area contributed by atoms with Crippen LogP contribution in [-0.2, 0) is 4.79 Å². The predicted octanol–water partition coefficient (Wildman–Crippen LogP) is 7.75. The first kappa shape index (κ1) is 23.5. The Labute approximate surface area is 220 Å². The van der Waals surface area contributed by atoms with Crippen LogP contribution in [0.3, 0.4) is 0 Å². The molecule has 5 aromatic rings. The molecule has 0 bridgehead atoms. The lowest BCUT2D eigenvalue weighted by Crippen LogP contribution is -2.22. The molecule has 0 fully saturated rings. The molecule has 2 heterocycles. The Balaban J connectivity index is 1.32. The van der Waals surface area contributed by atoms with E-state index in [1.54, 1.807) is 0 Å². The molecule has 174 valence electrons. The van der Waals surface area contributed by atoms with Crippen LogP contribution in [0.4, 0.5) is 5.13 Å². The van der Waals surface area contributed by atoms with Gasteiger partial charge in [0.1, 0.15) is 0 Å². The fourth-order valence-electron chi connectivity index (χ4n) is 3.54. The zero-order valence-electron chi connectivity index (χ0n) is 18.7. The molecule has 2 aromatic heterocycles. The second-order valence-electron chi connectivity index (χ2n) is 7.79. The number of carbonyl (C=O) groups is 1. The van der Waals surface area contributed by atoms with Crippen LogP contribution in [-0.4, -0.2) is 26.1 Å². The topological polar surface area (TPSA) is 70.7 Å². The number of nitrogens with one attached hydrogen (secondary N) is 2.